The van der Waals surface area contributed by atoms with Crippen LogP contribution in [0, 0.1) is 0 Å². The van der Waals surface area contributed by atoms with Gasteiger partial charge < -0.3 is 25.0 Å². The van der Waals surface area contributed by atoms with Gasteiger partial charge in [0.15, 0.2) is 11.5 Å². The summed E-state index contributed by atoms with van der Waals surface area (Å²) in [6.45, 7) is 0.953. The number of carboxylic acids is 1. The summed E-state index contributed by atoms with van der Waals surface area (Å²) in [6.07, 6.45) is -1.55. The highest BCUT2D eigenvalue weighted by molar-refractivity contribution is 5.87. The van der Waals surface area contributed by atoms with E-state index in [0.717, 1.165) is 0 Å². The van der Waals surface area contributed by atoms with Gasteiger partial charge in [0.05, 0.1) is 6.61 Å². The van der Waals surface area contributed by atoms with E-state index in [-0.39, 0.29) is 0 Å². The van der Waals surface area contributed by atoms with Crippen LogP contribution in [0.25, 0.3) is 0 Å². The second-order valence-corrected chi connectivity index (χ2v) is 4.39. The van der Waals surface area contributed by atoms with Crippen molar-refractivity contribution in [3.05, 3.63) is 24.3 Å². The SMILES string of the molecule is CC1Oc2ccccc2OC1C(=O)N[C@@H](CO)C(=O)O. The van der Waals surface area contributed by atoms with Crippen LogP contribution in [-0.4, -0.2) is 46.9 Å². The number of hydrogen-bond acceptors (Lipinski definition) is 5. The minimum atomic E-state index is -1.37. The third kappa shape index (κ3) is 2.83. The summed E-state index contributed by atoms with van der Waals surface area (Å²) < 4.78 is 11.1. The van der Waals surface area contributed by atoms with E-state index in [4.69, 9.17) is 19.7 Å². The summed E-state index contributed by atoms with van der Waals surface area (Å²) in [6, 6.07) is 5.52. The van der Waals surface area contributed by atoms with E-state index in [1.54, 1.807) is 31.2 Å². The fraction of sp³-hybridized carbons (Fsp3) is 0.385. The van der Waals surface area contributed by atoms with Crippen LogP contribution in [0.5, 0.6) is 11.5 Å². The zero-order chi connectivity index (χ0) is 14.7. The number of aliphatic hydroxyl groups excluding tert-OH is 1. The first kappa shape index (κ1) is 14.1. The summed E-state index contributed by atoms with van der Waals surface area (Å²) in [5.41, 5.74) is 0. The first-order valence-corrected chi connectivity index (χ1v) is 6.09. The Hall–Kier alpha value is -2.28. The molecule has 7 nitrogen and oxygen atoms in total. The van der Waals surface area contributed by atoms with Crippen molar-refractivity contribution in [2.24, 2.45) is 0 Å². The fourth-order valence-corrected chi connectivity index (χ4v) is 1.85. The van der Waals surface area contributed by atoms with Gasteiger partial charge in [0.2, 0.25) is 6.10 Å². The van der Waals surface area contributed by atoms with Gasteiger partial charge in [-0.2, -0.15) is 0 Å². The normalized spacial score (nSPS) is 21.9. The quantitative estimate of drug-likeness (QED) is 0.704. The molecule has 1 aliphatic rings. The number of amides is 1. The minimum Gasteiger partial charge on any atom is -0.482 e. The first-order valence-electron chi connectivity index (χ1n) is 6.09. The van der Waals surface area contributed by atoms with E-state index in [1.165, 1.54) is 0 Å². The molecule has 1 aromatic carbocycles. The van der Waals surface area contributed by atoms with Gasteiger partial charge in [0.1, 0.15) is 12.1 Å². The molecule has 1 heterocycles. The van der Waals surface area contributed by atoms with Crippen molar-refractivity contribution >= 4 is 11.9 Å². The monoisotopic (exact) mass is 281 g/mol. The topological polar surface area (TPSA) is 105 Å². The molecule has 0 fully saturated rings. The molecule has 3 atom stereocenters. The number of carboxylic acid groups (broad SMARTS) is 1. The summed E-state index contributed by atoms with van der Waals surface area (Å²) >= 11 is 0. The fourth-order valence-electron chi connectivity index (χ4n) is 1.85. The van der Waals surface area contributed by atoms with Crippen LogP contribution < -0.4 is 14.8 Å². The van der Waals surface area contributed by atoms with Crippen molar-refractivity contribution in [3.63, 3.8) is 0 Å². The molecule has 1 amide bonds. The summed E-state index contributed by atoms with van der Waals surface area (Å²) in [5.74, 6) is -1.01. The van der Waals surface area contributed by atoms with Crippen molar-refractivity contribution in [1.29, 1.82) is 0 Å². The summed E-state index contributed by atoms with van der Waals surface area (Å²) in [5, 5.41) is 19.9. The molecule has 0 aromatic heterocycles. The van der Waals surface area contributed by atoms with Crippen LogP contribution >= 0.6 is 0 Å². The van der Waals surface area contributed by atoms with Gasteiger partial charge >= 0.3 is 5.97 Å². The molecular weight excluding hydrogens is 266 g/mol. The van der Waals surface area contributed by atoms with Crippen molar-refractivity contribution < 1.29 is 29.3 Å². The average Bonchev–Trinajstić information content (AvgIpc) is 2.43. The third-order valence-corrected chi connectivity index (χ3v) is 2.90. The Morgan fingerprint density at radius 2 is 1.90 bits per heavy atom. The number of aliphatic carboxylic acids is 1. The standard InChI is InChI=1S/C13H15NO6/c1-7-11(12(16)14-8(6-15)13(17)18)20-10-5-3-2-4-9(10)19-7/h2-5,7-8,11,15H,6H2,1H3,(H,14,16)(H,17,18)/t7?,8-,11?/m0/s1. The Morgan fingerprint density at radius 3 is 2.45 bits per heavy atom. The molecule has 20 heavy (non-hydrogen) atoms. The van der Waals surface area contributed by atoms with Crippen LogP contribution in [0.4, 0.5) is 0 Å². The minimum absolute atomic E-state index is 0.418. The average molecular weight is 281 g/mol. The molecule has 0 radical (unpaired) electrons. The Balaban J connectivity index is 2.10. The van der Waals surface area contributed by atoms with E-state index >= 15 is 0 Å². The molecule has 7 heteroatoms. The van der Waals surface area contributed by atoms with Crippen molar-refractivity contribution in [2.45, 2.75) is 25.2 Å². The molecular formula is C13H15NO6. The number of carbonyl (C=O) groups excluding carboxylic acids is 1. The van der Waals surface area contributed by atoms with Crippen LogP contribution in [0.1, 0.15) is 6.92 Å². The van der Waals surface area contributed by atoms with Gasteiger partial charge in [0.25, 0.3) is 5.91 Å². The van der Waals surface area contributed by atoms with E-state index in [9.17, 15) is 9.59 Å². The molecule has 0 saturated carbocycles. The van der Waals surface area contributed by atoms with Crippen LogP contribution in [0.15, 0.2) is 24.3 Å². The van der Waals surface area contributed by atoms with Crippen molar-refractivity contribution in [3.8, 4) is 11.5 Å². The summed E-state index contributed by atoms with van der Waals surface area (Å²) in [4.78, 5) is 22.8. The van der Waals surface area contributed by atoms with E-state index in [1.807, 2.05) is 0 Å². The van der Waals surface area contributed by atoms with Crippen LogP contribution in [-0.2, 0) is 9.59 Å². The highest BCUT2D eigenvalue weighted by atomic mass is 16.6. The number of carbonyl (C=O) groups is 2. The van der Waals surface area contributed by atoms with E-state index in [2.05, 4.69) is 5.32 Å². The molecule has 2 unspecified atom stereocenters. The number of benzene rings is 1. The number of hydrogen-bond donors (Lipinski definition) is 3. The highest BCUT2D eigenvalue weighted by Gasteiger charge is 2.35. The van der Waals surface area contributed by atoms with Gasteiger partial charge in [-0.15, -0.1) is 0 Å². The molecule has 0 spiro atoms. The third-order valence-electron chi connectivity index (χ3n) is 2.90. The largest absolute Gasteiger partial charge is 0.482 e. The Kier molecular flexibility index (Phi) is 4.09. The number of nitrogens with one attached hydrogen (secondary N) is 1. The maximum absolute atomic E-state index is 12.0. The van der Waals surface area contributed by atoms with E-state index < -0.39 is 36.7 Å². The number of aliphatic hydroxyl groups is 1. The van der Waals surface area contributed by atoms with Crippen molar-refractivity contribution in [1.82, 2.24) is 5.32 Å². The van der Waals surface area contributed by atoms with E-state index in [0.29, 0.717) is 11.5 Å². The molecule has 0 aliphatic carbocycles. The first-order chi connectivity index (χ1) is 9.52. The lowest BCUT2D eigenvalue weighted by molar-refractivity contribution is -0.145. The number of fused-ring (bicyclic) bond motifs is 1. The smallest absolute Gasteiger partial charge is 0.328 e. The second kappa shape index (κ2) is 5.79. The Bertz CT molecular complexity index is 517. The lowest BCUT2D eigenvalue weighted by Crippen LogP contribution is -2.54. The van der Waals surface area contributed by atoms with Gasteiger partial charge in [-0.3, -0.25) is 4.79 Å². The van der Waals surface area contributed by atoms with Crippen LogP contribution in [0.2, 0.25) is 0 Å². The summed E-state index contributed by atoms with van der Waals surface area (Å²) in [7, 11) is 0. The molecule has 3 N–H and O–H groups in total. The zero-order valence-electron chi connectivity index (χ0n) is 10.8. The number of rotatable bonds is 4. The lowest BCUT2D eigenvalue weighted by atomic mass is 10.1. The van der Waals surface area contributed by atoms with Crippen molar-refractivity contribution in [2.75, 3.05) is 6.61 Å². The maximum atomic E-state index is 12.0. The molecule has 0 bridgehead atoms. The second-order valence-electron chi connectivity index (χ2n) is 4.39. The zero-order valence-corrected chi connectivity index (χ0v) is 10.8. The Labute approximate surface area is 115 Å². The molecule has 1 aliphatic heterocycles. The van der Waals surface area contributed by atoms with Gasteiger partial charge in [0, 0.05) is 0 Å². The highest BCUT2D eigenvalue weighted by Crippen LogP contribution is 2.33. The van der Waals surface area contributed by atoms with Crippen LogP contribution in [0.3, 0.4) is 0 Å². The molecule has 108 valence electrons. The molecule has 2 rings (SSSR count). The maximum Gasteiger partial charge on any atom is 0.328 e. The number of ether oxygens (including phenoxy) is 2. The van der Waals surface area contributed by atoms with Gasteiger partial charge in [-0.05, 0) is 19.1 Å². The van der Waals surface area contributed by atoms with Gasteiger partial charge in [-0.1, -0.05) is 12.1 Å². The predicted molar refractivity (Wildman–Crippen MR) is 67.6 cm³/mol. The van der Waals surface area contributed by atoms with Gasteiger partial charge in [-0.25, -0.2) is 4.79 Å². The predicted octanol–water partition coefficient (Wildman–Crippen LogP) is -0.223. The molecule has 0 saturated heterocycles. The Morgan fingerprint density at radius 1 is 1.30 bits per heavy atom. The number of para-hydroxylation sites is 2. The molecule has 1 aromatic rings. The lowest BCUT2D eigenvalue weighted by Gasteiger charge is -2.31.